The SMILES string of the molecule is CC(C)C(C)NCc1ccc(-n2cccn2)cc1. The molecule has 18 heavy (non-hydrogen) atoms. The predicted molar refractivity (Wildman–Crippen MR) is 74.7 cm³/mol. The fourth-order valence-electron chi connectivity index (χ4n) is 1.70. The summed E-state index contributed by atoms with van der Waals surface area (Å²) in [6.45, 7) is 7.61. The van der Waals surface area contributed by atoms with Gasteiger partial charge in [-0.1, -0.05) is 26.0 Å². The molecule has 0 saturated heterocycles. The van der Waals surface area contributed by atoms with Crippen molar-refractivity contribution in [1.82, 2.24) is 15.1 Å². The summed E-state index contributed by atoms with van der Waals surface area (Å²) in [5.41, 5.74) is 2.40. The van der Waals surface area contributed by atoms with Crippen molar-refractivity contribution in [3.63, 3.8) is 0 Å². The maximum absolute atomic E-state index is 4.21. The van der Waals surface area contributed by atoms with E-state index in [1.165, 1.54) is 5.56 Å². The summed E-state index contributed by atoms with van der Waals surface area (Å²) in [5, 5.41) is 7.74. The summed E-state index contributed by atoms with van der Waals surface area (Å²) in [6.07, 6.45) is 3.74. The second kappa shape index (κ2) is 5.83. The summed E-state index contributed by atoms with van der Waals surface area (Å²) in [6, 6.07) is 11.0. The zero-order valence-corrected chi connectivity index (χ0v) is 11.3. The second-order valence-electron chi connectivity index (χ2n) is 5.03. The van der Waals surface area contributed by atoms with Crippen LogP contribution in [0.4, 0.5) is 0 Å². The van der Waals surface area contributed by atoms with Crippen LogP contribution < -0.4 is 5.32 Å². The first-order valence-corrected chi connectivity index (χ1v) is 6.49. The van der Waals surface area contributed by atoms with E-state index in [1.54, 1.807) is 6.20 Å². The first kappa shape index (κ1) is 12.8. The van der Waals surface area contributed by atoms with E-state index in [0.29, 0.717) is 12.0 Å². The van der Waals surface area contributed by atoms with E-state index in [9.17, 15) is 0 Å². The molecule has 3 nitrogen and oxygen atoms in total. The molecule has 3 heteroatoms. The van der Waals surface area contributed by atoms with Crippen LogP contribution in [-0.2, 0) is 6.54 Å². The van der Waals surface area contributed by atoms with E-state index in [2.05, 4.69) is 55.5 Å². The van der Waals surface area contributed by atoms with Crippen LogP contribution in [0.3, 0.4) is 0 Å². The van der Waals surface area contributed by atoms with Crippen molar-refractivity contribution < 1.29 is 0 Å². The summed E-state index contributed by atoms with van der Waals surface area (Å²) in [4.78, 5) is 0. The molecule has 0 bridgehead atoms. The van der Waals surface area contributed by atoms with Gasteiger partial charge in [0, 0.05) is 25.0 Å². The van der Waals surface area contributed by atoms with Gasteiger partial charge in [-0.25, -0.2) is 4.68 Å². The number of aromatic nitrogens is 2. The van der Waals surface area contributed by atoms with E-state index in [-0.39, 0.29) is 0 Å². The molecule has 0 aliphatic heterocycles. The standard InChI is InChI=1S/C15H21N3/c1-12(2)13(3)16-11-14-5-7-15(8-6-14)18-10-4-9-17-18/h4-10,12-13,16H,11H2,1-3H3. The lowest BCUT2D eigenvalue weighted by Gasteiger charge is -2.17. The van der Waals surface area contributed by atoms with Gasteiger partial charge < -0.3 is 5.32 Å². The topological polar surface area (TPSA) is 29.9 Å². The van der Waals surface area contributed by atoms with Gasteiger partial charge in [0.15, 0.2) is 0 Å². The normalized spacial score (nSPS) is 12.9. The van der Waals surface area contributed by atoms with Gasteiger partial charge in [-0.05, 0) is 36.6 Å². The summed E-state index contributed by atoms with van der Waals surface area (Å²) in [7, 11) is 0. The van der Waals surface area contributed by atoms with Crippen LogP contribution in [0.25, 0.3) is 5.69 Å². The van der Waals surface area contributed by atoms with Crippen LogP contribution in [0.15, 0.2) is 42.7 Å². The molecule has 0 saturated carbocycles. The Balaban J connectivity index is 1.96. The Labute approximate surface area is 109 Å². The summed E-state index contributed by atoms with van der Waals surface area (Å²) >= 11 is 0. The molecule has 0 amide bonds. The van der Waals surface area contributed by atoms with Crippen molar-refractivity contribution in [2.45, 2.75) is 33.4 Å². The number of rotatable bonds is 5. The molecular weight excluding hydrogens is 222 g/mol. The van der Waals surface area contributed by atoms with Gasteiger partial charge in [-0.3, -0.25) is 0 Å². The molecule has 1 aromatic carbocycles. The first-order chi connectivity index (χ1) is 8.66. The molecule has 96 valence electrons. The summed E-state index contributed by atoms with van der Waals surface area (Å²) < 4.78 is 1.87. The van der Waals surface area contributed by atoms with Gasteiger partial charge in [0.25, 0.3) is 0 Å². The minimum atomic E-state index is 0.538. The quantitative estimate of drug-likeness (QED) is 0.875. The molecule has 0 aliphatic rings. The third-order valence-corrected chi connectivity index (χ3v) is 3.33. The molecule has 1 N–H and O–H groups in total. The largest absolute Gasteiger partial charge is 0.310 e. The fraction of sp³-hybridized carbons (Fsp3) is 0.400. The second-order valence-corrected chi connectivity index (χ2v) is 5.03. The molecule has 0 spiro atoms. The average Bonchev–Trinajstić information content (AvgIpc) is 2.90. The van der Waals surface area contributed by atoms with E-state index < -0.39 is 0 Å². The van der Waals surface area contributed by atoms with Gasteiger partial charge in [0.05, 0.1) is 5.69 Å². The smallest absolute Gasteiger partial charge is 0.0645 e. The maximum Gasteiger partial charge on any atom is 0.0645 e. The third kappa shape index (κ3) is 3.20. The van der Waals surface area contributed by atoms with Crippen molar-refractivity contribution in [3.8, 4) is 5.69 Å². The molecule has 0 aliphatic carbocycles. The summed E-state index contributed by atoms with van der Waals surface area (Å²) in [5.74, 6) is 0.661. The molecule has 1 aromatic heterocycles. The highest BCUT2D eigenvalue weighted by atomic mass is 15.3. The highest BCUT2D eigenvalue weighted by Gasteiger charge is 2.05. The number of hydrogen-bond donors (Lipinski definition) is 1. The maximum atomic E-state index is 4.21. The van der Waals surface area contributed by atoms with Crippen molar-refractivity contribution in [2.75, 3.05) is 0 Å². The molecule has 0 fully saturated rings. The van der Waals surface area contributed by atoms with Crippen molar-refractivity contribution in [3.05, 3.63) is 48.3 Å². The third-order valence-electron chi connectivity index (χ3n) is 3.33. The van der Waals surface area contributed by atoms with Crippen LogP contribution in [-0.4, -0.2) is 15.8 Å². The fourth-order valence-corrected chi connectivity index (χ4v) is 1.70. The number of hydrogen-bond acceptors (Lipinski definition) is 2. The van der Waals surface area contributed by atoms with Crippen molar-refractivity contribution in [1.29, 1.82) is 0 Å². The van der Waals surface area contributed by atoms with E-state index in [0.717, 1.165) is 12.2 Å². The zero-order valence-electron chi connectivity index (χ0n) is 11.3. The van der Waals surface area contributed by atoms with Crippen LogP contribution in [0.1, 0.15) is 26.3 Å². The first-order valence-electron chi connectivity index (χ1n) is 6.49. The van der Waals surface area contributed by atoms with Crippen LogP contribution in [0, 0.1) is 5.92 Å². The van der Waals surface area contributed by atoms with Crippen LogP contribution >= 0.6 is 0 Å². The number of nitrogens with one attached hydrogen (secondary N) is 1. The number of benzene rings is 1. The lowest BCUT2D eigenvalue weighted by molar-refractivity contribution is 0.426. The molecule has 2 aromatic rings. The Morgan fingerprint density at radius 2 is 1.89 bits per heavy atom. The minimum absolute atomic E-state index is 0.538. The van der Waals surface area contributed by atoms with Crippen molar-refractivity contribution in [2.24, 2.45) is 5.92 Å². The van der Waals surface area contributed by atoms with Crippen LogP contribution in [0.5, 0.6) is 0 Å². The molecular formula is C15H21N3. The lowest BCUT2D eigenvalue weighted by atomic mass is 10.1. The average molecular weight is 243 g/mol. The monoisotopic (exact) mass is 243 g/mol. The van der Waals surface area contributed by atoms with E-state index in [1.807, 2.05) is 16.9 Å². The lowest BCUT2D eigenvalue weighted by Crippen LogP contribution is -2.30. The van der Waals surface area contributed by atoms with Gasteiger partial charge >= 0.3 is 0 Å². The predicted octanol–water partition coefficient (Wildman–Crippen LogP) is 3.01. The Morgan fingerprint density at radius 1 is 1.17 bits per heavy atom. The Hall–Kier alpha value is -1.61. The van der Waals surface area contributed by atoms with Gasteiger partial charge in [-0.2, -0.15) is 5.10 Å². The number of nitrogens with zero attached hydrogens (tertiary/aromatic N) is 2. The van der Waals surface area contributed by atoms with Gasteiger partial charge in [-0.15, -0.1) is 0 Å². The highest BCUT2D eigenvalue weighted by Crippen LogP contribution is 2.09. The molecule has 1 unspecified atom stereocenters. The Morgan fingerprint density at radius 3 is 2.44 bits per heavy atom. The van der Waals surface area contributed by atoms with E-state index >= 15 is 0 Å². The Kier molecular flexibility index (Phi) is 4.15. The highest BCUT2D eigenvalue weighted by molar-refractivity contribution is 5.33. The zero-order chi connectivity index (χ0) is 13.0. The van der Waals surface area contributed by atoms with E-state index in [4.69, 9.17) is 0 Å². The van der Waals surface area contributed by atoms with Gasteiger partial charge in [0.2, 0.25) is 0 Å². The Bertz CT molecular complexity index is 457. The molecule has 2 rings (SSSR count). The van der Waals surface area contributed by atoms with Crippen molar-refractivity contribution >= 4 is 0 Å². The minimum Gasteiger partial charge on any atom is -0.310 e. The molecule has 1 atom stereocenters. The van der Waals surface area contributed by atoms with Crippen LogP contribution in [0.2, 0.25) is 0 Å². The molecule has 0 radical (unpaired) electrons. The molecule has 1 heterocycles. The van der Waals surface area contributed by atoms with Gasteiger partial charge in [0.1, 0.15) is 0 Å².